The predicted octanol–water partition coefficient (Wildman–Crippen LogP) is 3.02. The lowest BCUT2D eigenvalue weighted by Gasteiger charge is -2.09. The first kappa shape index (κ1) is 14.7. The molecule has 1 aromatic carbocycles. The molecule has 2 rings (SSSR count). The van der Waals surface area contributed by atoms with E-state index >= 15 is 0 Å². The number of nitrogens with zero attached hydrogens (tertiary/aromatic N) is 2. The van der Waals surface area contributed by atoms with Crippen molar-refractivity contribution in [1.82, 2.24) is 9.99 Å². The minimum absolute atomic E-state index is 0.156. The molecule has 0 aliphatic heterocycles. The van der Waals surface area contributed by atoms with E-state index in [1.807, 2.05) is 12.1 Å². The number of aryl methyl sites for hydroxylation is 1. The van der Waals surface area contributed by atoms with Crippen LogP contribution in [0.3, 0.4) is 0 Å². The zero-order chi connectivity index (χ0) is 14.7. The molecule has 0 aliphatic carbocycles. The molecular formula is C14H15BrN4S. The van der Waals surface area contributed by atoms with Crippen molar-refractivity contribution >= 4 is 39.5 Å². The summed E-state index contributed by atoms with van der Waals surface area (Å²) < 4.78 is 3.24. The fourth-order valence-corrected chi connectivity index (χ4v) is 2.39. The van der Waals surface area contributed by atoms with Gasteiger partial charge in [0, 0.05) is 27.1 Å². The molecule has 0 unspecified atom stereocenters. The second-order valence-corrected chi connectivity index (χ2v) is 5.73. The molecule has 0 aliphatic rings. The van der Waals surface area contributed by atoms with E-state index in [0.717, 1.165) is 27.1 Å². The van der Waals surface area contributed by atoms with Gasteiger partial charge in [0.25, 0.3) is 0 Å². The number of nitrogens with two attached hydrogens (primary N) is 1. The monoisotopic (exact) mass is 350 g/mol. The molecule has 6 heteroatoms. The van der Waals surface area contributed by atoms with Gasteiger partial charge in [0.05, 0.1) is 6.21 Å². The van der Waals surface area contributed by atoms with Crippen LogP contribution >= 0.6 is 28.1 Å². The van der Waals surface area contributed by atoms with Crippen molar-refractivity contribution in [2.45, 2.75) is 13.8 Å². The maximum Gasteiger partial charge on any atom is 0.184 e. The summed E-state index contributed by atoms with van der Waals surface area (Å²) in [6.45, 7) is 4.12. The zero-order valence-electron chi connectivity index (χ0n) is 11.2. The van der Waals surface area contributed by atoms with Gasteiger partial charge in [-0.2, -0.15) is 5.10 Å². The first-order valence-electron chi connectivity index (χ1n) is 6.02. The molecule has 0 spiro atoms. The molecule has 1 heterocycles. The Labute approximate surface area is 131 Å². The van der Waals surface area contributed by atoms with Crippen molar-refractivity contribution in [3.8, 4) is 5.69 Å². The Bertz CT molecular complexity index is 659. The summed E-state index contributed by atoms with van der Waals surface area (Å²) in [6, 6.07) is 10.3. The second-order valence-electron chi connectivity index (χ2n) is 4.37. The number of halogens is 1. The lowest BCUT2D eigenvalue weighted by atomic mass is 10.2. The van der Waals surface area contributed by atoms with Crippen LogP contribution in [0, 0.1) is 13.8 Å². The third kappa shape index (κ3) is 3.26. The minimum atomic E-state index is 0.156. The summed E-state index contributed by atoms with van der Waals surface area (Å²) in [6.07, 6.45) is 1.72. The highest BCUT2D eigenvalue weighted by Gasteiger charge is 2.09. The third-order valence-corrected chi connectivity index (χ3v) is 3.55. The Hall–Kier alpha value is -1.66. The lowest BCUT2D eigenvalue weighted by Crippen LogP contribution is -2.24. The van der Waals surface area contributed by atoms with E-state index in [9.17, 15) is 0 Å². The van der Waals surface area contributed by atoms with Crippen LogP contribution in [0.15, 0.2) is 39.9 Å². The van der Waals surface area contributed by atoms with Crippen molar-refractivity contribution in [3.05, 3.63) is 51.8 Å². The highest BCUT2D eigenvalue weighted by Crippen LogP contribution is 2.21. The van der Waals surface area contributed by atoms with E-state index in [0.29, 0.717) is 0 Å². The number of benzene rings is 1. The second kappa shape index (κ2) is 6.19. The fourth-order valence-electron chi connectivity index (χ4n) is 2.07. The van der Waals surface area contributed by atoms with Crippen molar-refractivity contribution in [3.63, 3.8) is 0 Å². The molecular weight excluding hydrogens is 336 g/mol. The summed E-state index contributed by atoms with van der Waals surface area (Å²) in [5, 5.41) is 4.16. The molecule has 0 bridgehead atoms. The molecule has 0 atom stereocenters. The Morgan fingerprint density at radius 3 is 2.60 bits per heavy atom. The normalized spacial score (nSPS) is 10.9. The first-order valence-corrected chi connectivity index (χ1v) is 7.22. The van der Waals surface area contributed by atoms with Gasteiger partial charge in [-0.25, -0.2) is 0 Å². The van der Waals surface area contributed by atoms with Crippen LogP contribution < -0.4 is 11.2 Å². The third-order valence-electron chi connectivity index (χ3n) is 2.93. The van der Waals surface area contributed by atoms with E-state index in [2.05, 4.69) is 63.1 Å². The smallest absolute Gasteiger partial charge is 0.184 e. The zero-order valence-corrected chi connectivity index (χ0v) is 13.6. The van der Waals surface area contributed by atoms with E-state index < -0.39 is 0 Å². The number of hydrogen-bond donors (Lipinski definition) is 2. The molecule has 20 heavy (non-hydrogen) atoms. The van der Waals surface area contributed by atoms with Crippen LogP contribution in [-0.2, 0) is 0 Å². The van der Waals surface area contributed by atoms with Gasteiger partial charge in [0.15, 0.2) is 5.11 Å². The van der Waals surface area contributed by atoms with Gasteiger partial charge in [0.2, 0.25) is 0 Å². The quantitative estimate of drug-likeness (QED) is 0.508. The van der Waals surface area contributed by atoms with Gasteiger partial charge in [0.1, 0.15) is 0 Å². The van der Waals surface area contributed by atoms with Crippen molar-refractivity contribution in [2.24, 2.45) is 10.8 Å². The van der Waals surface area contributed by atoms with Crippen LogP contribution in [0.1, 0.15) is 17.0 Å². The SMILES string of the molecule is Cc1cc(C=NNC(N)=S)c(C)n1-c1ccc(Br)cc1. The van der Waals surface area contributed by atoms with Crippen LogP contribution in [0.25, 0.3) is 5.69 Å². The minimum Gasteiger partial charge on any atom is -0.375 e. The van der Waals surface area contributed by atoms with Gasteiger partial charge in [-0.1, -0.05) is 15.9 Å². The molecule has 0 saturated carbocycles. The van der Waals surface area contributed by atoms with E-state index in [1.54, 1.807) is 6.21 Å². The maximum atomic E-state index is 5.33. The summed E-state index contributed by atoms with van der Waals surface area (Å²) in [5.41, 5.74) is 12.3. The summed E-state index contributed by atoms with van der Waals surface area (Å²) in [5.74, 6) is 0. The van der Waals surface area contributed by atoms with Crippen LogP contribution in [-0.4, -0.2) is 15.9 Å². The molecule has 104 valence electrons. The molecule has 0 saturated heterocycles. The number of aromatic nitrogens is 1. The van der Waals surface area contributed by atoms with E-state index in [1.165, 1.54) is 0 Å². The van der Waals surface area contributed by atoms with Gasteiger partial charge in [-0.15, -0.1) is 0 Å². The number of rotatable bonds is 3. The van der Waals surface area contributed by atoms with Crippen molar-refractivity contribution < 1.29 is 0 Å². The van der Waals surface area contributed by atoms with E-state index in [4.69, 9.17) is 18.0 Å². The van der Waals surface area contributed by atoms with Gasteiger partial charge in [-0.05, 0) is 56.4 Å². The molecule has 3 N–H and O–H groups in total. The van der Waals surface area contributed by atoms with Gasteiger partial charge in [-0.3, -0.25) is 5.43 Å². The Balaban J connectivity index is 2.36. The first-order chi connectivity index (χ1) is 9.49. The number of thiocarbonyl (C=S) groups is 1. The predicted molar refractivity (Wildman–Crippen MR) is 90.5 cm³/mol. The Morgan fingerprint density at radius 1 is 1.35 bits per heavy atom. The number of nitrogens with one attached hydrogen (secondary N) is 1. The topological polar surface area (TPSA) is 55.3 Å². The fraction of sp³-hybridized carbons (Fsp3) is 0.143. The molecule has 0 amide bonds. The molecule has 2 aromatic rings. The number of hydrogen-bond acceptors (Lipinski definition) is 2. The van der Waals surface area contributed by atoms with Crippen molar-refractivity contribution in [1.29, 1.82) is 0 Å². The van der Waals surface area contributed by atoms with Gasteiger partial charge >= 0.3 is 0 Å². The Morgan fingerprint density at radius 2 is 2.00 bits per heavy atom. The average molecular weight is 351 g/mol. The van der Waals surface area contributed by atoms with Crippen LogP contribution in [0.2, 0.25) is 0 Å². The molecule has 1 aromatic heterocycles. The van der Waals surface area contributed by atoms with Crippen molar-refractivity contribution in [2.75, 3.05) is 0 Å². The summed E-state index contributed by atoms with van der Waals surface area (Å²) in [7, 11) is 0. The van der Waals surface area contributed by atoms with Crippen LogP contribution in [0.4, 0.5) is 0 Å². The van der Waals surface area contributed by atoms with Crippen LogP contribution in [0.5, 0.6) is 0 Å². The standard InChI is InChI=1S/C14H15BrN4S/c1-9-7-11(8-17-18-14(16)20)10(2)19(9)13-5-3-12(15)4-6-13/h3-8H,1-2H3,(H3,16,18,20). The molecule has 0 radical (unpaired) electrons. The average Bonchev–Trinajstić information content (AvgIpc) is 2.66. The summed E-state index contributed by atoms with van der Waals surface area (Å²) >= 11 is 8.15. The highest BCUT2D eigenvalue weighted by atomic mass is 79.9. The Kier molecular flexibility index (Phi) is 4.57. The highest BCUT2D eigenvalue weighted by molar-refractivity contribution is 9.10. The molecule has 4 nitrogen and oxygen atoms in total. The van der Waals surface area contributed by atoms with E-state index in [-0.39, 0.29) is 5.11 Å². The van der Waals surface area contributed by atoms with Gasteiger partial charge < -0.3 is 10.3 Å². The number of hydrazone groups is 1. The summed E-state index contributed by atoms with van der Waals surface area (Å²) in [4.78, 5) is 0. The molecule has 0 fully saturated rings. The largest absolute Gasteiger partial charge is 0.375 e. The lowest BCUT2D eigenvalue weighted by molar-refractivity contribution is 0.963. The maximum absolute atomic E-state index is 5.33.